The molecule has 1 atom stereocenters. The number of aromatic nitrogens is 2. The van der Waals surface area contributed by atoms with E-state index in [2.05, 4.69) is 15.5 Å². The van der Waals surface area contributed by atoms with Crippen molar-refractivity contribution in [1.82, 2.24) is 15.0 Å². The minimum atomic E-state index is -0.840. The average molecular weight is 402 g/mol. The van der Waals surface area contributed by atoms with Gasteiger partial charge < -0.3 is 14.7 Å². The normalized spacial score (nSPS) is 16.7. The highest BCUT2D eigenvalue weighted by Gasteiger charge is 2.29. The third kappa shape index (κ3) is 4.23. The number of amides is 2. The first-order valence-corrected chi connectivity index (χ1v) is 9.10. The molecule has 0 aliphatic carbocycles. The van der Waals surface area contributed by atoms with Crippen molar-refractivity contribution < 1.29 is 22.5 Å². The fourth-order valence-electron chi connectivity index (χ4n) is 3.27. The van der Waals surface area contributed by atoms with Crippen LogP contribution in [0.2, 0.25) is 0 Å². The van der Waals surface area contributed by atoms with Gasteiger partial charge in [0.2, 0.25) is 11.7 Å². The van der Waals surface area contributed by atoms with Crippen molar-refractivity contribution in [3.05, 3.63) is 65.8 Å². The van der Waals surface area contributed by atoms with Crippen LogP contribution in [0.3, 0.4) is 0 Å². The van der Waals surface area contributed by atoms with E-state index in [1.165, 1.54) is 23.1 Å². The Bertz CT molecular complexity index is 1020. The zero-order chi connectivity index (χ0) is 20.4. The van der Waals surface area contributed by atoms with Crippen LogP contribution in [0.4, 0.5) is 23.7 Å². The number of anilines is 1. The maximum atomic E-state index is 13.8. The number of nitrogens with one attached hydrogen (secondary N) is 1. The molecule has 1 aromatic heterocycles. The summed E-state index contributed by atoms with van der Waals surface area (Å²) in [6.07, 6.45) is 1.46. The Morgan fingerprint density at radius 1 is 1.10 bits per heavy atom. The first kappa shape index (κ1) is 19.0. The van der Waals surface area contributed by atoms with E-state index in [0.29, 0.717) is 42.9 Å². The van der Waals surface area contributed by atoms with Gasteiger partial charge in [-0.3, -0.25) is 0 Å². The Kier molecular flexibility index (Phi) is 5.20. The largest absolute Gasteiger partial charge is 0.339 e. The molecule has 0 unspecified atom stereocenters. The van der Waals surface area contributed by atoms with Crippen LogP contribution in [0.25, 0.3) is 11.4 Å². The molecule has 2 aromatic carbocycles. The number of rotatable bonds is 3. The quantitative estimate of drug-likeness (QED) is 0.697. The van der Waals surface area contributed by atoms with Crippen molar-refractivity contribution in [3.63, 3.8) is 0 Å². The van der Waals surface area contributed by atoms with Crippen LogP contribution in [-0.2, 0) is 0 Å². The lowest BCUT2D eigenvalue weighted by atomic mass is 9.98. The third-order valence-electron chi connectivity index (χ3n) is 4.77. The van der Waals surface area contributed by atoms with E-state index in [0.717, 1.165) is 12.5 Å². The molecule has 4 rings (SSSR count). The summed E-state index contributed by atoms with van der Waals surface area (Å²) in [6, 6.07) is 8.22. The maximum Gasteiger partial charge on any atom is 0.321 e. The SMILES string of the molecule is O=C(Nc1ccc(F)cc1F)N1CCC[C@@H](c2nc(-c3ccc(F)cc3)no2)C1. The number of piperidine rings is 1. The second-order valence-electron chi connectivity index (χ2n) is 6.80. The van der Waals surface area contributed by atoms with E-state index < -0.39 is 17.7 Å². The number of hydrogen-bond acceptors (Lipinski definition) is 4. The predicted molar refractivity (Wildman–Crippen MR) is 98.6 cm³/mol. The minimum absolute atomic E-state index is 0.0880. The van der Waals surface area contributed by atoms with E-state index in [-0.39, 0.29) is 17.4 Å². The monoisotopic (exact) mass is 402 g/mol. The summed E-state index contributed by atoms with van der Waals surface area (Å²) in [5.41, 5.74) is 0.536. The number of halogens is 3. The zero-order valence-corrected chi connectivity index (χ0v) is 15.2. The van der Waals surface area contributed by atoms with Crippen LogP contribution in [0.1, 0.15) is 24.7 Å². The average Bonchev–Trinajstić information content (AvgIpc) is 3.21. The number of carbonyl (C=O) groups is 1. The predicted octanol–water partition coefficient (Wildman–Crippen LogP) is 4.57. The molecule has 150 valence electrons. The Morgan fingerprint density at radius 2 is 1.86 bits per heavy atom. The molecule has 3 aromatic rings. The second kappa shape index (κ2) is 7.94. The number of hydrogen-bond donors (Lipinski definition) is 1. The first-order valence-electron chi connectivity index (χ1n) is 9.10. The van der Waals surface area contributed by atoms with Crippen LogP contribution >= 0.6 is 0 Å². The molecule has 6 nitrogen and oxygen atoms in total. The smallest absolute Gasteiger partial charge is 0.321 e. The molecule has 1 saturated heterocycles. The Morgan fingerprint density at radius 3 is 2.62 bits per heavy atom. The van der Waals surface area contributed by atoms with Gasteiger partial charge >= 0.3 is 6.03 Å². The summed E-state index contributed by atoms with van der Waals surface area (Å²) >= 11 is 0. The standard InChI is InChI=1S/C20H17F3N4O2/c21-14-5-3-12(4-6-14)18-25-19(29-26-18)13-2-1-9-27(11-13)20(28)24-17-8-7-15(22)10-16(17)23/h3-8,10,13H,1-2,9,11H2,(H,24,28)/t13-/m1/s1. The van der Waals surface area contributed by atoms with E-state index >= 15 is 0 Å². The van der Waals surface area contributed by atoms with Gasteiger partial charge in [-0.2, -0.15) is 4.98 Å². The molecule has 0 bridgehead atoms. The van der Waals surface area contributed by atoms with Gasteiger partial charge in [0.15, 0.2) is 0 Å². The molecule has 2 amide bonds. The fourth-order valence-corrected chi connectivity index (χ4v) is 3.27. The molecule has 1 N–H and O–H groups in total. The summed E-state index contributed by atoms with van der Waals surface area (Å²) in [4.78, 5) is 18.4. The highest BCUT2D eigenvalue weighted by molar-refractivity contribution is 5.89. The molecule has 0 radical (unpaired) electrons. The third-order valence-corrected chi connectivity index (χ3v) is 4.77. The Hall–Kier alpha value is -3.36. The summed E-state index contributed by atoms with van der Waals surface area (Å²) in [5.74, 6) is -1.36. The van der Waals surface area contributed by atoms with Gasteiger partial charge in [-0.15, -0.1) is 0 Å². The highest BCUT2D eigenvalue weighted by Crippen LogP contribution is 2.28. The van der Waals surface area contributed by atoms with Crippen LogP contribution in [0, 0.1) is 17.5 Å². The number of carbonyl (C=O) groups excluding carboxylic acids is 1. The number of benzene rings is 2. The highest BCUT2D eigenvalue weighted by atomic mass is 19.1. The van der Waals surface area contributed by atoms with Crippen LogP contribution < -0.4 is 5.32 Å². The minimum Gasteiger partial charge on any atom is -0.339 e. The van der Waals surface area contributed by atoms with Gasteiger partial charge in [0, 0.05) is 24.7 Å². The lowest BCUT2D eigenvalue weighted by molar-refractivity contribution is 0.184. The van der Waals surface area contributed by atoms with Crippen molar-refractivity contribution >= 4 is 11.7 Å². The topological polar surface area (TPSA) is 71.3 Å². The molecule has 1 fully saturated rings. The second-order valence-corrected chi connectivity index (χ2v) is 6.80. The van der Waals surface area contributed by atoms with Crippen molar-refractivity contribution in [2.75, 3.05) is 18.4 Å². The zero-order valence-electron chi connectivity index (χ0n) is 15.2. The lowest BCUT2D eigenvalue weighted by Crippen LogP contribution is -2.41. The fraction of sp³-hybridized carbons (Fsp3) is 0.250. The molecule has 2 heterocycles. The van der Waals surface area contributed by atoms with Crippen LogP contribution in [0.15, 0.2) is 47.0 Å². The molecule has 1 aliphatic rings. The summed E-state index contributed by atoms with van der Waals surface area (Å²) in [7, 11) is 0. The van der Waals surface area contributed by atoms with Crippen molar-refractivity contribution in [2.45, 2.75) is 18.8 Å². The lowest BCUT2D eigenvalue weighted by Gasteiger charge is -2.31. The van der Waals surface area contributed by atoms with Crippen LogP contribution in [-0.4, -0.2) is 34.2 Å². The number of nitrogens with zero attached hydrogens (tertiary/aromatic N) is 3. The summed E-state index contributed by atoms with van der Waals surface area (Å²) in [6.45, 7) is 0.809. The molecule has 0 spiro atoms. The number of urea groups is 1. The van der Waals surface area contributed by atoms with Gasteiger partial charge in [0.25, 0.3) is 0 Å². The van der Waals surface area contributed by atoms with Gasteiger partial charge in [-0.25, -0.2) is 18.0 Å². The Labute approximate surface area is 164 Å². The molecule has 0 saturated carbocycles. The van der Waals surface area contributed by atoms with E-state index in [1.807, 2.05) is 0 Å². The van der Waals surface area contributed by atoms with E-state index in [4.69, 9.17) is 4.52 Å². The van der Waals surface area contributed by atoms with E-state index in [9.17, 15) is 18.0 Å². The van der Waals surface area contributed by atoms with Gasteiger partial charge in [0.05, 0.1) is 11.6 Å². The summed E-state index contributed by atoms with van der Waals surface area (Å²) in [5, 5.41) is 6.39. The first-order chi connectivity index (χ1) is 14.0. The summed E-state index contributed by atoms with van der Waals surface area (Å²) < 4.78 is 45.2. The van der Waals surface area contributed by atoms with Crippen molar-refractivity contribution in [1.29, 1.82) is 0 Å². The molecule has 29 heavy (non-hydrogen) atoms. The maximum absolute atomic E-state index is 13.8. The number of likely N-dealkylation sites (tertiary alicyclic amines) is 1. The van der Waals surface area contributed by atoms with Crippen LogP contribution in [0.5, 0.6) is 0 Å². The molecule has 9 heteroatoms. The van der Waals surface area contributed by atoms with Gasteiger partial charge in [-0.1, -0.05) is 5.16 Å². The van der Waals surface area contributed by atoms with Crippen molar-refractivity contribution in [3.8, 4) is 11.4 Å². The van der Waals surface area contributed by atoms with Gasteiger partial charge in [0.1, 0.15) is 17.5 Å². The molecular formula is C20H17F3N4O2. The Balaban J connectivity index is 1.44. The van der Waals surface area contributed by atoms with Crippen molar-refractivity contribution in [2.24, 2.45) is 0 Å². The molecular weight excluding hydrogens is 385 g/mol. The van der Waals surface area contributed by atoms with E-state index in [1.54, 1.807) is 12.1 Å². The van der Waals surface area contributed by atoms with Gasteiger partial charge in [-0.05, 0) is 49.2 Å². The molecule has 1 aliphatic heterocycles.